The van der Waals surface area contributed by atoms with Gasteiger partial charge in [0, 0.05) is 5.69 Å². The molecule has 1 aromatic carbocycles. The molecule has 0 bridgehead atoms. The number of alkyl halides is 3. The molecule has 1 nitrogen and oxygen atoms in total. The van der Waals surface area contributed by atoms with Gasteiger partial charge in [0.15, 0.2) is 0 Å². The first-order valence-corrected chi connectivity index (χ1v) is 4.48. The van der Waals surface area contributed by atoms with Crippen LogP contribution in [0.1, 0.15) is 12.0 Å². The topological polar surface area (TPSA) is 12.0 Å². The van der Waals surface area contributed by atoms with E-state index in [0.717, 1.165) is 5.56 Å². The molecule has 0 saturated carbocycles. The zero-order valence-corrected chi connectivity index (χ0v) is 7.43. The van der Waals surface area contributed by atoms with Crippen LogP contribution in [-0.2, 0) is 6.42 Å². The fourth-order valence-corrected chi connectivity index (χ4v) is 1.68. The molecule has 1 aliphatic rings. The zero-order valence-electron chi connectivity index (χ0n) is 7.43. The van der Waals surface area contributed by atoms with Crippen molar-refractivity contribution in [3.05, 3.63) is 29.8 Å². The molecule has 14 heavy (non-hydrogen) atoms. The smallest absolute Gasteiger partial charge is 0.374 e. The summed E-state index contributed by atoms with van der Waals surface area (Å²) in [6, 6.07) is 5.73. The van der Waals surface area contributed by atoms with Gasteiger partial charge in [-0.3, -0.25) is 0 Å². The number of halogens is 3. The van der Waals surface area contributed by atoms with Gasteiger partial charge in [0.05, 0.1) is 0 Å². The molecule has 0 amide bonds. The van der Waals surface area contributed by atoms with Crippen molar-refractivity contribution in [3.8, 4) is 0 Å². The monoisotopic (exact) mass is 201 g/mol. The van der Waals surface area contributed by atoms with Gasteiger partial charge in [-0.1, -0.05) is 18.2 Å². The van der Waals surface area contributed by atoms with Crippen molar-refractivity contribution in [2.45, 2.75) is 25.1 Å². The van der Waals surface area contributed by atoms with Gasteiger partial charge < -0.3 is 5.32 Å². The van der Waals surface area contributed by atoms with Crippen LogP contribution in [0, 0.1) is 0 Å². The lowest BCUT2D eigenvalue weighted by Gasteiger charge is -2.28. The van der Waals surface area contributed by atoms with E-state index in [1.54, 1.807) is 12.1 Å². The van der Waals surface area contributed by atoms with E-state index in [4.69, 9.17) is 0 Å². The Morgan fingerprint density at radius 1 is 1.21 bits per heavy atom. The molecular weight excluding hydrogens is 191 g/mol. The molecule has 1 unspecified atom stereocenters. The highest BCUT2D eigenvalue weighted by Crippen LogP contribution is 2.32. The molecule has 2 rings (SSSR count). The average Bonchev–Trinajstić information content (AvgIpc) is 2.16. The predicted octanol–water partition coefficient (Wildman–Crippen LogP) is 2.98. The SMILES string of the molecule is FC(F)(F)C1CCc2ccccc2N1. The highest BCUT2D eigenvalue weighted by atomic mass is 19.4. The minimum Gasteiger partial charge on any atom is -0.374 e. The number of para-hydroxylation sites is 1. The number of fused-ring (bicyclic) bond motifs is 1. The molecule has 0 spiro atoms. The standard InChI is InChI=1S/C10H10F3N/c11-10(12,13)9-6-5-7-3-1-2-4-8(7)14-9/h1-4,9,14H,5-6H2. The van der Waals surface area contributed by atoms with E-state index in [1.165, 1.54) is 0 Å². The largest absolute Gasteiger partial charge is 0.408 e. The lowest BCUT2D eigenvalue weighted by atomic mass is 9.98. The lowest BCUT2D eigenvalue weighted by molar-refractivity contribution is -0.144. The molecule has 0 saturated heterocycles. The van der Waals surface area contributed by atoms with Gasteiger partial charge >= 0.3 is 6.18 Å². The second kappa shape index (κ2) is 3.19. The van der Waals surface area contributed by atoms with Crippen LogP contribution in [0.25, 0.3) is 0 Å². The Kier molecular flexibility index (Phi) is 2.13. The van der Waals surface area contributed by atoms with Gasteiger partial charge in [-0.2, -0.15) is 13.2 Å². The summed E-state index contributed by atoms with van der Waals surface area (Å²) in [7, 11) is 0. The van der Waals surface area contributed by atoms with Gasteiger partial charge in [0.2, 0.25) is 0 Å². The van der Waals surface area contributed by atoms with E-state index in [-0.39, 0.29) is 6.42 Å². The Bertz CT molecular complexity index is 332. The first kappa shape index (κ1) is 9.37. The summed E-state index contributed by atoms with van der Waals surface area (Å²) in [4.78, 5) is 0. The molecule has 0 fully saturated rings. The molecule has 76 valence electrons. The van der Waals surface area contributed by atoms with Gasteiger partial charge in [-0.25, -0.2) is 0 Å². The van der Waals surface area contributed by atoms with Crippen LogP contribution >= 0.6 is 0 Å². The maximum absolute atomic E-state index is 12.4. The highest BCUT2D eigenvalue weighted by Gasteiger charge is 2.40. The van der Waals surface area contributed by atoms with Crippen LogP contribution in [0.5, 0.6) is 0 Å². The summed E-state index contributed by atoms with van der Waals surface area (Å²) in [5.74, 6) is 0. The summed E-state index contributed by atoms with van der Waals surface area (Å²) in [6.07, 6.45) is -3.53. The third kappa shape index (κ3) is 1.69. The Hall–Kier alpha value is -1.19. The van der Waals surface area contributed by atoms with Crippen molar-refractivity contribution >= 4 is 5.69 Å². The molecule has 0 aliphatic carbocycles. The van der Waals surface area contributed by atoms with Crippen molar-refractivity contribution in [2.75, 3.05) is 5.32 Å². The molecule has 1 N–H and O–H groups in total. The fraction of sp³-hybridized carbons (Fsp3) is 0.400. The number of hydrogen-bond acceptors (Lipinski definition) is 1. The van der Waals surface area contributed by atoms with Crippen LogP contribution < -0.4 is 5.32 Å². The van der Waals surface area contributed by atoms with Gasteiger partial charge in [0.1, 0.15) is 6.04 Å². The Labute approximate surface area is 79.9 Å². The van der Waals surface area contributed by atoms with Crippen molar-refractivity contribution in [3.63, 3.8) is 0 Å². The minimum absolute atomic E-state index is 0.126. The Morgan fingerprint density at radius 2 is 1.93 bits per heavy atom. The van der Waals surface area contributed by atoms with E-state index < -0.39 is 12.2 Å². The van der Waals surface area contributed by atoms with E-state index in [2.05, 4.69) is 5.32 Å². The highest BCUT2D eigenvalue weighted by molar-refractivity contribution is 5.53. The molecule has 4 heteroatoms. The van der Waals surface area contributed by atoms with Gasteiger partial charge in [-0.15, -0.1) is 0 Å². The molecule has 1 atom stereocenters. The molecule has 1 aliphatic heterocycles. The summed E-state index contributed by atoms with van der Waals surface area (Å²) >= 11 is 0. The second-order valence-electron chi connectivity index (χ2n) is 3.43. The first-order chi connectivity index (χ1) is 6.57. The quantitative estimate of drug-likeness (QED) is 0.680. The van der Waals surface area contributed by atoms with Crippen LogP contribution in [0.15, 0.2) is 24.3 Å². The number of benzene rings is 1. The predicted molar refractivity (Wildman–Crippen MR) is 48.2 cm³/mol. The summed E-state index contributed by atoms with van der Waals surface area (Å²) in [5.41, 5.74) is 1.58. The van der Waals surface area contributed by atoms with Crippen LogP contribution in [0.4, 0.5) is 18.9 Å². The normalized spacial score (nSPS) is 21.2. The number of anilines is 1. The van der Waals surface area contributed by atoms with Crippen molar-refractivity contribution in [1.82, 2.24) is 0 Å². The molecular formula is C10H10F3N. The summed E-state index contributed by atoms with van der Waals surface area (Å²) in [5, 5.41) is 2.51. The molecule has 0 radical (unpaired) electrons. The zero-order chi connectivity index (χ0) is 10.2. The van der Waals surface area contributed by atoms with E-state index in [9.17, 15) is 13.2 Å². The minimum atomic E-state index is -4.15. The number of rotatable bonds is 0. The van der Waals surface area contributed by atoms with E-state index in [0.29, 0.717) is 12.1 Å². The van der Waals surface area contributed by atoms with Crippen molar-refractivity contribution in [2.24, 2.45) is 0 Å². The van der Waals surface area contributed by atoms with Crippen LogP contribution in [0.3, 0.4) is 0 Å². The number of hydrogen-bond donors (Lipinski definition) is 1. The maximum atomic E-state index is 12.4. The second-order valence-corrected chi connectivity index (χ2v) is 3.43. The van der Waals surface area contributed by atoms with Crippen LogP contribution in [0.2, 0.25) is 0 Å². The third-order valence-corrected chi connectivity index (χ3v) is 2.44. The summed E-state index contributed by atoms with van der Waals surface area (Å²) in [6.45, 7) is 0. The lowest BCUT2D eigenvalue weighted by Crippen LogP contribution is -2.39. The molecule has 1 heterocycles. The Morgan fingerprint density at radius 3 is 2.64 bits per heavy atom. The van der Waals surface area contributed by atoms with Crippen molar-refractivity contribution < 1.29 is 13.2 Å². The first-order valence-electron chi connectivity index (χ1n) is 4.48. The van der Waals surface area contributed by atoms with Gasteiger partial charge in [-0.05, 0) is 24.5 Å². The van der Waals surface area contributed by atoms with Crippen LogP contribution in [-0.4, -0.2) is 12.2 Å². The molecule has 0 aromatic heterocycles. The van der Waals surface area contributed by atoms with E-state index >= 15 is 0 Å². The fourth-order valence-electron chi connectivity index (χ4n) is 1.68. The third-order valence-electron chi connectivity index (χ3n) is 2.44. The maximum Gasteiger partial charge on any atom is 0.408 e. The van der Waals surface area contributed by atoms with Crippen molar-refractivity contribution in [1.29, 1.82) is 0 Å². The average molecular weight is 201 g/mol. The Balaban J connectivity index is 2.22. The molecule has 1 aromatic rings. The summed E-state index contributed by atoms with van der Waals surface area (Å²) < 4.78 is 37.1. The van der Waals surface area contributed by atoms with Gasteiger partial charge in [0.25, 0.3) is 0 Å². The number of aryl methyl sites for hydroxylation is 1. The number of nitrogens with one attached hydrogen (secondary N) is 1. The van der Waals surface area contributed by atoms with E-state index in [1.807, 2.05) is 12.1 Å².